The number of Topliss-reactive ketones (excluding diaryl/α,β-unsaturated/α-hetero) is 1. The van der Waals surface area contributed by atoms with E-state index in [1.54, 1.807) is 18.2 Å². The Morgan fingerprint density at radius 2 is 2.18 bits per heavy atom. The number of carbonyl (C=O) groups excluding carboxylic acids is 1. The molecular weight excluding hydrogens is 158 g/mol. The van der Waals surface area contributed by atoms with Gasteiger partial charge in [0.25, 0.3) is 0 Å². The summed E-state index contributed by atoms with van der Waals surface area (Å²) in [6.45, 7) is 1.49. The molecule has 58 valence electrons. The molecule has 0 fully saturated rings. The van der Waals surface area contributed by atoms with Crippen molar-refractivity contribution in [3.8, 4) is 0 Å². The Morgan fingerprint density at radius 3 is 2.64 bits per heavy atom. The van der Waals surface area contributed by atoms with Gasteiger partial charge in [-0.3, -0.25) is 4.79 Å². The fourth-order valence-electron chi connectivity index (χ4n) is 0.860. The number of para-hydroxylation sites is 1. The third-order valence-electron chi connectivity index (χ3n) is 1.46. The van der Waals surface area contributed by atoms with E-state index in [4.69, 9.17) is 5.73 Å². The lowest BCUT2D eigenvalue weighted by molar-refractivity contribution is 0.101. The van der Waals surface area contributed by atoms with Gasteiger partial charge in [-0.15, -0.1) is 12.6 Å². The topological polar surface area (TPSA) is 43.1 Å². The lowest BCUT2D eigenvalue weighted by Crippen LogP contribution is -1.99. The maximum Gasteiger partial charge on any atom is 0.161 e. The van der Waals surface area contributed by atoms with E-state index in [1.807, 2.05) is 0 Å². The van der Waals surface area contributed by atoms with Crippen LogP contribution < -0.4 is 5.73 Å². The van der Waals surface area contributed by atoms with E-state index in [9.17, 15) is 4.79 Å². The first-order valence-corrected chi connectivity index (χ1v) is 3.66. The van der Waals surface area contributed by atoms with Crippen molar-refractivity contribution in [1.82, 2.24) is 0 Å². The Kier molecular flexibility index (Phi) is 2.19. The lowest BCUT2D eigenvalue weighted by atomic mass is 10.1. The van der Waals surface area contributed by atoms with E-state index in [0.717, 1.165) is 0 Å². The number of benzene rings is 1. The van der Waals surface area contributed by atoms with Crippen molar-refractivity contribution in [3.63, 3.8) is 0 Å². The molecule has 0 aliphatic rings. The van der Waals surface area contributed by atoms with Crippen molar-refractivity contribution < 1.29 is 4.79 Å². The molecular formula is C8H9NOS. The number of rotatable bonds is 1. The number of thiol groups is 1. The summed E-state index contributed by atoms with van der Waals surface area (Å²) in [5.41, 5.74) is 6.59. The smallest absolute Gasteiger partial charge is 0.161 e. The minimum absolute atomic E-state index is 0.0293. The monoisotopic (exact) mass is 167 g/mol. The summed E-state index contributed by atoms with van der Waals surface area (Å²) in [6, 6.07) is 5.21. The van der Waals surface area contributed by atoms with Crippen LogP contribution in [0.3, 0.4) is 0 Å². The summed E-state index contributed by atoms with van der Waals surface area (Å²) in [7, 11) is 0. The number of hydrogen-bond donors (Lipinski definition) is 2. The molecule has 0 atom stereocenters. The van der Waals surface area contributed by atoms with Crippen molar-refractivity contribution >= 4 is 24.1 Å². The molecule has 0 unspecified atom stereocenters. The van der Waals surface area contributed by atoms with Gasteiger partial charge in [0, 0.05) is 10.5 Å². The molecule has 2 nitrogen and oxygen atoms in total. The summed E-state index contributed by atoms with van der Waals surface area (Å²) >= 11 is 4.08. The van der Waals surface area contributed by atoms with E-state index in [1.165, 1.54) is 6.92 Å². The quantitative estimate of drug-likeness (QED) is 0.380. The second kappa shape index (κ2) is 2.96. The second-order valence-corrected chi connectivity index (χ2v) is 2.78. The summed E-state index contributed by atoms with van der Waals surface area (Å²) < 4.78 is 0. The van der Waals surface area contributed by atoms with Gasteiger partial charge in [0.05, 0.1) is 5.69 Å². The summed E-state index contributed by atoms with van der Waals surface area (Å²) in [6.07, 6.45) is 0. The minimum Gasteiger partial charge on any atom is -0.397 e. The van der Waals surface area contributed by atoms with E-state index in [2.05, 4.69) is 12.6 Å². The van der Waals surface area contributed by atoms with Gasteiger partial charge in [-0.05, 0) is 19.1 Å². The molecule has 1 aromatic rings. The van der Waals surface area contributed by atoms with Crippen LogP contribution in [0.1, 0.15) is 17.3 Å². The summed E-state index contributed by atoms with van der Waals surface area (Å²) in [4.78, 5) is 11.6. The maximum atomic E-state index is 10.9. The van der Waals surface area contributed by atoms with Crippen LogP contribution in [0.15, 0.2) is 23.1 Å². The number of ketones is 1. The number of nitrogens with two attached hydrogens (primary N) is 1. The molecule has 0 amide bonds. The number of anilines is 1. The standard InChI is InChI=1S/C8H9NOS/c1-5(10)6-3-2-4-7(11)8(6)9/h2-4,11H,9H2,1H3. The highest BCUT2D eigenvalue weighted by Gasteiger charge is 2.04. The van der Waals surface area contributed by atoms with Crippen molar-refractivity contribution in [1.29, 1.82) is 0 Å². The first-order chi connectivity index (χ1) is 5.13. The van der Waals surface area contributed by atoms with Gasteiger partial charge in [-0.25, -0.2) is 0 Å². The molecule has 0 aromatic heterocycles. The van der Waals surface area contributed by atoms with Crippen molar-refractivity contribution in [2.75, 3.05) is 5.73 Å². The Bertz CT molecular complexity index is 296. The molecule has 0 spiro atoms. The largest absolute Gasteiger partial charge is 0.397 e. The lowest BCUT2D eigenvalue weighted by Gasteiger charge is -2.02. The van der Waals surface area contributed by atoms with Gasteiger partial charge in [-0.2, -0.15) is 0 Å². The van der Waals surface area contributed by atoms with Crippen molar-refractivity contribution in [2.45, 2.75) is 11.8 Å². The average Bonchev–Trinajstić information content (AvgIpc) is 1.94. The van der Waals surface area contributed by atoms with Gasteiger partial charge in [0.1, 0.15) is 0 Å². The van der Waals surface area contributed by atoms with Gasteiger partial charge in [-0.1, -0.05) is 6.07 Å². The molecule has 3 heteroatoms. The van der Waals surface area contributed by atoms with E-state index < -0.39 is 0 Å². The fraction of sp³-hybridized carbons (Fsp3) is 0.125. The summed E-state index contributed by atoms with van der Waals surface area (Å²) in [5.74, 6) is -0.0293. The van der Waals surface area contributed by atoms with Crippen LogP contribution in [0, 0.1) is 0 Å². The second-order valence-electron chi connectivity index (χ2n) is 2.29. The fourth-order valence-corrected chi connectivity index (χ4v) is 1.07. The van der Waals surface area contributed by atoms with Crippen LogP contribution in [-0.2, 0) is 0 Å². The van der Waals surface area contributed by atoms with Crippen LogP contribution >= 0.6 is 12.6 Å². The molecule has 1 aromatic carbocycles. The van der Waals surface area contributed by atoms with Crippen LogP contribution in [0.4, 0.5) is 5.69 Å². The normalized spacial score (nSPS) is 9.64. The zero-order chi connectivity index (χ0) is 8.43. The molecule has 1 rings (SSSR count). The predicted molar refractivity (Wildman–Crippen MR) is 48.1 cm³/mol. The average molecular weight is 167 g/mol. The molecule has 0 saturated carbocycles. The molecule has 0 aliphatic carbocycles. The highest BCUT2D eigenvalue weighted by atomic mass is 32.1. The van der Waals surface area contributed by atoms with Gasteiger partial charge >= 0.3 is 0 Å². The zero-order valence-corrected chi connectivity index (χ0v) is 7.06. The molecule has 0 bridgehead atoms. The van der Waals surface area contributed by atoms with Crippen LogP contribution in [0.2, 0.25) is 0 Å². The Labute approximate surface area is 70.8 Å². The SMILES string of the molecule is CC(=O)c1cccc(S)c1N. The molecule has 11 heavy (non-hydrogen) atoms. The third-order valence-corrected chi connectivity index (χ3v) is 1.85. The van der Waals surface area contributed by atoms with E-state index >= 15 is 0 Å². The molecule has 0 radical (unpaired) electrons. The number of hydrogen-bond acceptors (Lipinski definition) is 3. The van der Waals surface area contributed by atoms with Crippen LogP contribution in [-0.4, -0.2) is 5.78 Å². The van der Waals surface area contributed by atoms with E-state index in [0.29, 0.717) is 16.1 Å². The molecule has 0 saturated heterocycles. The van der Waals surface area contributed by atoms with Gasteiger partial charge < -0.3 is 5.73 Å². The number of carbonyl (C=O) groups is 1. The van der Waals surface area contributed by atoms with Crippen LogP contribution in [0.25, 0.3) is 0 Å². The van der Waals surface area contributed by atoms with Crippen LogP contribution in [0.5, 0.6) is 0 Å². The number of nitrogen functional groups attached to an aromatic ring is 1. The Morgan fingerprint density at radius 1 is 1.55 bits per heavy atom. The van der Waals surface area contributed by atoms with Gasteiger partial charge in [0.15, 0.2) is 5.78 Å². The van der Waals surface area contributed by atoms with Crippen molar-refractivity contribution in [2.24, 2.45) is 0 Å². The van der Waals surface area contributed by atoms with E-state index in [-0.39, 0.29) is 5.78 Å². The molecule has 0 aliphatic heterocycles. The van der Waals surface area contributed by atoms with Crippen molar-refractivity contribution in [3.05, 3.63) is 23.8 Å². The molecule has 0 heterocycles. The zero-order valence-electron chi connectivity index (χ0n) is 6.16. The highest BCUT2D eigenvalue weighted by molar-refractivity contribution is 7.80. The minimum atomic E-state index is -0.0293. The molecule has 2 N–H and O–H groups in total. The van der Waals surface area contributed by atoms with Gasteiger partial charge in [0.2, 0.25) is 0 Å². The predicted octanol–water partition coefficient (Wildman–Crippen LogP) is 1.76. The highest BCUT2D eigenvalue weighted by Crippen LogP contribution is 2.20. The summed E-state index contributed by atoms with van der Waals surface area (Å²) in [5, 5.41) is 0. The maximum absolute atomic E-state index is 10.9. The first-order valence-electron chi connectivity index (χ1n) is 3.21. The Hall–Kier alpha value is -0.960. The third kappa shape index (κ3) is 1.54. The Balaban J connectivity index is 3.27. The first kappa shape index (κ1) is 8.14.